The monoisotopic (exact) mass is 831 g/mol. The van der Waals surface area contributed by atoms with Crippen LogP contribution >= 0.6 is 0 Å². The minimum Gasteiger partial charge on any atom is -0.462 e. The lowest BCUT2D eigenvalue weighted by atomic mass is 10.0. The highest BCUT2D eigenvalue weighted by Crippen LogP contribution is 2.14. The highest BCUT2D eigenvalue weighted by Gasteiger charge is 2.19. The summed E-state index contributed by atoms with van der Waals surface area (Å²) in [5.41, 5.74) is 0. The van der Waals surface area contributed by atoms with Crippen molar-refractivity contribution in [2.45, 2.75) is 200 Å². The molecule has 0 fully saturated rings. The van der Waals surface area contributed by atoms with Crippen LogP contribution in [0.1, 0.15) is 194 Å². The third-order valence-electron chi connectivity index (χ3n) is 9.57. The Morgan fingerprint density at radius 1 is 0.367 bits per heavy atom. The van der Waals surface area contributed by atoms with E-state index in [-0.39, 0.29) is 38.0 Å². The second kappa shape index (κ2) is 47.7. The first kappa shape index (κ1) is 56.1. The quantitative estimate of drug-likeness (QED) is 0.0264. The van der Waals surface area contributed by atoms with Gasteiger partial charge in [0.2, 0.25) is 0 Å². The minimum atomic E-state index is -0.845. The van der Waals surface area contributed by atoms with Crippen molar-refractivity contribution in [2.75, 3.05) is 13.2 Å². The van der Waals surface area contributed by atoms with E-state index < -0.39 is 12.1 Å². The van der Waals surface area contributed by atoms with Crippen LogP contribution in [0.4, 0.5) is 0 Å². The van der Waals surface area contributed by atoms with E-state index in [4.69, 9.17) is 14.2 Å². The fourth-order valence-corrected chi connectivity index (χ4v) is 6.06. The molecule has 0 heterocycles. The highest BCUT2D eigenvalue weighted by atomic mass is 16.6. The van der Waals surface area contributed by atoms with Gasteiger partial charge in [-0.15, -0.1) is 0 Å². The van der Waals surface area contributed by atoms with E-state index in [9.17, 15) is 14.4 Å². The maximum absolute atomic E-state index is 12.7. The molecule has 0 saturated heterocycles. The molecule has 0 aromatic rings. The molecule has 0 rings (SSSR count). The van der Waals surface area contributed by atoms with Crippen molar-refractivity contribution in [1.29, 1.82) is 0 Å². The molecule has 0 aromatic carbocycles. The Morgan fingerprint density at radius 2 is 0.717 bits per heavy atom. The number of allylic oxidation sites excluding steroid dienone is 17. The van der Waals surface area contributed by atoms with Gasteiger partial charge in [-0.05, 0) is 70.6 Å². The number of carbonyl (C=O) groups excluding carboxylic acids is 3. The van der Waals surface area contributed by atoms with Crippen molar-refractivity contribution in [3.63, 3.8) is 0 Å². The predicted molar refractivity (Wildman–Crippen MR) is 256 cm³/mol. The molecule has 0 spiro atoms. The second-order valence-electron chi connectivity index (χ2n) is 15.3. The van der Waals surface area contributed by atoms with Gasteiger partial charge in [0, 0.05) is 12.8 Å². The SMILES string of the molecule is CC/C=C\C/C=C\C/C=C\C/C=C\C/C=C\CC(=O)OCC(COC(=O)CC/C=C\C/C=C\C/C=C\C/C=C\CC)OC(=O)CCCCCCCCCCCCCCCC. The number of rotatable bonds is 41. The molecule has 0 aliphatic rings. The van der Waals surface area contributed by atoms with Crippen LogP contribution < -0.4 is 0 Å². The average molecular weight is 831 g/mol. The predicted octanol–water partition coefficient (Wildman–Crippen LogP) is 15.6. The van der Waals surface area contributed by atoms with E-state index in [2.05, 4.69) is 106 Å². The van der Waals surface area contributed by atoms with Crippen LogP contribution in [0.3, 0.4) is 0 Å². The lowest BCUT2D eigenvalue weighted by molar-refractivity contribution is -0.166. The molecule has 6 nitrogen and oxygen atoms in total. The molecule has 1 atom stereocenters. The maximum Gasteiger partial charge on any atom is 0.309 e. The van der Waals surface area contributed by atoms with Gasteiger partial charge in [-0.3, -0.25) is 14.4 Å². The summed E-state index contributed by atoms with van der Waals surface area (Å²) in [5.74, 6) is -1.16. The standard InChI is InChI=1S/C54H86O6/c1-4-7-10-13-16-19-22-25-27-30-32-35-38-41-44-47-53(56)59-50-51(49-58-52(55)46-43-40-37-34-31-28-24-21-18-15-12-9-6-3)60-54(57)48-45-42-39-36-33-29-26-23-20-17-14-11-8-5-2/h7,9-10,12,16,18-19,21,25,27-28,31-32,35,37,40-41,44,51H,4-6,8,11,13-15,17,20,22-24,26,29-30,33-34,36,38-39,42-43,45-50H2,1-3H3/b10-7-,12-9-,19-16-,21-18-,27-25-,31-28-,35-32-,40-37-,44-41-. The van der Waals surface area contributed by atoms with E-state index in [1.54, 1.807) is 6.08 Å². The van der Waals surface area contributed by atoms with Crippen LogP contribution in [0.15, 0.2) is 109 Å². The van der Waals surface area contributed by atoms with Gasteiger partial charge in [0.1, 0.15) is 13.2 Å². The van der Waals surface area contributed by atoms with Gasteiger partial charge in [0.25, 0.3) is 0 Å². The fraction of sp³-hybridized carbons (Fsp3) is 0.611. The minimum absolute atomic E-state index is 0.113. The maximum atomic E-state index is 12.7. The smallest absolute Gasteiger partial charge is 0.309 e. The molecule has 0 aromatic heterocycles. The van der Waals surface area contributed by atoms with Crippen LogP contribution in [0.2, 0.25) is 0 Å². The second-order valence-corrected chi connectivity index (χ2v) is 15.3. The van der Waals surface area contributed by atoms with Crippen LogP contribution in [-0.4, -0.2) is 37.2 Å². The summed E-state index contributed by atoms with van der Waals surface area (Å²) >= 11 is 0. The van der Waals surface area contributed by atoms with Gasteiger partial charge in [0.05, 0.1) is 6.42 Å². The van der Waals surface area contributed by atoms with Crippen LogP contribution in [-0.2, 0) is 28.6 Å². The fourth-order valence-electron chi connectivity index (χ4n) is 6.06. The number of unbranched alkanes of at least 4 members (excludes halogenated alkanes) is 13. The summed E-state index contributed by atoms with van der Waals surface area (Å²) in [6.45, 7) is 6.23. The third-order valence-corrected chi connectivity index (χ3v) is 9.57. The molecule has 60 heavy (non-hydrogen) atoms. The van der Waals surface area contributed by atoms with Gasteiger partial charge >= 0.3 is 17.9 Å². The number of hydrogen-bond donors (Lipinski definition) is 0. The molecule has 0 amide bonds. The third kappa shape index (κ3) is 45.2. The lowest BCUT2D eigenvalue weighted by Crippen LogP contribution is -2.30. The van der Waals surface area contributed by atoms with Crippen molar-refractivity contribution in [2.24, 2.45) is 0 Å². The molecule has 0 saturated carbocycles. The van der Waals surface area contributed by atoms with Gasteiger partial charge in [-0.25, -0.2) is 0 Å². The zero-order valence-electron chi connectivity index (χ0n) is 38.4. The Kier molecular flexibility index (Phi) is 44.6. The molecular weight excluding hydrogens is 745 g/mol. The summed E-state index contributed by atoms with van der Waals surface area (Å²) in [5, 5.41) is 0. The summed E-state index contributed by atoms with van der Waals surface area (Å²) in [7, 11) is 0. The molecule has 338 valence electrons. The summed E-state index contributed by atoms with van der Waals surface area (Å²) in [6.07, 6.45) is 63.9. The van der Waals surface area contributed by atoms with E-state index in [1.165, 1.54) is 70.6 Å². The first-order valence-corrected chi connectivity index (χ1v) is 23.9. The van der Waals surface area contributed by atoms with Crippen molar-refractivity contribution in [3.8, 4) is 0 Å². The summed E-state index contributed by atoms with van der Waals surface area (Å²) in [4.78, 5) is 37.8. The highest BCUT2D eigenvalue weighted by molar-refractivity contribution is 5.72. The van der Waals surface area contributed by atoms with Crippen LogP contribution in [0.25, 0.3) is 0 Å². The Hall–Kier alpha value is -3.93. The molecule has 0 aliphatic carbocycles. The first-order valence-electron chi connectivity index (χ1n) is 23.9. The molecule has 0 bridgehead atoms. The van der Waals surface area contributed by atoms with E-state index in [0.29, 0.717) is 12.8 Å². The van der Waals surface area contributed by atoms with Gasteiger partial charge in [-0.2, -0.15) is 0 Å². The summed E-state index contributed by atoms with van der Waals surface area (Å²) in [6, 6.07) is 0. The molecule has 0 N–H and O–H groups in total. The molecule has 6 heteroatoms. The van der Waals surface area contributed by atoms with E-state index in [1.807, 2.05) is 18.2 Å². The van der Waals surface area contributed by atoms with Crippen molar-refractivity contribution >= 4 is 17.9 Å². The number of esters is 3. The number of carbonyl (C=O) groups is 3. The zero-order valence-corrected chi connectivity index (χ0v) is 38.4. The Balaban J connectivity index is 4.61. The normalized spacial score (nSPS) is 13.1. The molecular formula is C54H86O6. The Bertz CT molecular complexity index is 1280. The van der Waals surface area contributed by atoms with Gasteiger partial charge in [0.15, 0.2) is 6.10 Å². The average Bonchev–Trinajstić information content (AvgIpc) is 3.24. The van der Waals surface area contributed by atoms with Crippen LogP contribution in [0.5, 0.6) is 0 Å². The molecule has 0 aliphatic heterocycles. The topological polar surface area (TPSA) is 78.9 Å². The molecule has 0 radical (unpaired) electrons. The zero-order chi connectivity index (χ0) is 43.7. The van der Waals surface area contributed by atoms with Crippen molar-refractivity contribution < 1.29 is 28.6 Å². The van der Waals surface area contributed by atoms with E-state index >= 15 is 0 Å². The van der Waals surface area contributed by atoms with Gasteiger partial charge in [-0.1, -0.05) is 214 Å². The lowest BCUT2D eigenvalue weighted by Gasteiger charge is -2.18. The van der Waals surface area contributed by atoms with Crippen molar-refractivity contribution in [3.05, 3.63) is 109 Å². The Labute approximate surface area is 368 Å². The number of ether oxygens (including phenoxy) is 3. The largest absolute Gasteiger partial charge is 0.462 e. The molecule has 1 unspecified atom stereocenters. The number of hydrogen-bond acceptors (Lipinski definition) is 6. The van der Waals surface area contributed by atoms with Crippen molar-refractivity contribution in [1.82, 2.24) is 0 Å². The van der Waals surface area contributed by atoms with E-state index in [0.717, 1.165) is 77.0 Å². The van der Waals surface area contributed by atoms with Crippen LogP contribution in [0, 0.1) is 0 Å². The first-order chi connectivity index (χ1) is 29.5. The van der Waals surface area contributed by atoms with Gasteiger partial charge < -0.3 is 14.2 Å². The summed E-state index contributed by atoms with van der Waals surface area (Å²) < 4.78 is 16.6. The Morgan fingerprint density at radius 3 is 1.13 bits per heavy atom.